The molecular formula is C15H25N. The van der Waals surface area contributed by atoms with Crippen LogP contribution in [0.3, 0.4) is 0 Å². The monoisotopic (exact) mass is 219 g/mol. The predicted octanol–water partition coefficient (Wildman–Crippen LogP) is 3.37. The summed E-state index contributed by atoms with van der Waals surface area (Å²) in [6, 6.07) is 0. The molecule has 4 fully saturated rings. The van der Waals surface area contributed by atoms with Gasteiger partial charge in [-0.05, 0) is 81.7 Å². The van der Waals surface area contributed by atoms with Crippen LogP contribution in [0.5, 0.6) is 0 Å². The van der Waals surface area contributed by atoms with Crippen molar-refractivity contribution in [2.24, 2.45) is 23.2 Å². The maximum atomic E-state index is 3.23. The van der Waals surface area contributed by atoms with Gasteiger partial charge in [0.25, 0.3) is 0 Å². The summed E-state index contributed by atoms with van der Waals surface area (Å²) in [5.41, 5.74) is 0.641. The topological polar surface area (TPSA) is 12.0 Å². The van der Waals surface area contributed by atoms with E-state index < -0.39 is 0 Å². The molecule has 0 atom stereocenters. The second kappa shape index (κ2) is 4.18. The summed E-state index contributed by atoms with van der Waals surface area (Å²) >= 11 is 0. The van der Waals surface area contributed by atoms with Gasteiger partial charge >= 0.3 is 0 Å². The van der Waals surface area contributed by atoms with Crippen LogP contribution in [-0.4, -0.2) is 13.6 Å². The summed E-state index contributed by atoms with van der Waals surface area (Å²) in [6.07, 6.45) is 15.5. The first-order valence-electron chi connectivity index (χ1n) is 7.12. The third-order valence-electron chi connectivity index (χ3n) is 5.12. The SMILES string of the molecule is CNCC/C=C/C12CC3CC(CC(C3)C1)C2. The molecule has 0 spiro atoms. The molecule has 0 heterocycles. The predicted molar refractivity (Wildman–Crippen MR) is 68.3 cm³/mol. The van der Waals surface area contributed by atoms with Gasteiger partial charge in [-0.3, -0.25) is 0 Å². The summed E-state index contributed by atoms with van der Waals surface area (Å²) in [5.74, 6) is 3.25. The molecule has 0 aliphatic heterocycles. The Kier molecular flexibility index (Phi) is 2.83. The van der Waals surface area contributed by atoms with E-state index in [1.54, 1.807) is 19.3 Å². The van der Waals surface area contributed by atoms with Crippen LogP contribution in [0.4, 0.5) is 0 Å². The van der Waals surface area contributed by atoms with Crippen LogP contribution in [0, 0.1) is 23.2 Å². The molecule has 4 aliphatic rings. The van der Waals surface area contributed by atoms with Crippen LogP contribution >= 0.6 is 0 Å². The van der Waals surface area contributed by atoms with E-state index in [1.807, 2.05) is 7.05 Å². The van der Waals surface area contributed by atoms with Crippen molar-refractivity contribution in [2.75, 3.05) is 13.6 Å². The smallest absolute Gasteiger partial charge is 0.00173 e. The lowest BCUT2D eigenvalue weighted by molar-refractivity contribution is -0.0238. The van der Waals surface area contributed by atoms with Gasteiger partial charge in [0.15, 0.2) is 0 Å². The molecule has 4 bridgehead atoms. The lowest BCUT2D eigenvalue weighted by Gasteiger charge is -2.56. The van der Waals surface area contributed by atoms with E-state index >= 15 is 0 Å². The number of hydrogen-bond acceptors (Lipinski definition) is 1. The number of nitrogens with one attached hydrogen (secondary N) is 1. The van der Waals surface area contributed by atoms with Gasteiger partial charge in [-0.2, -0.15) is 0 Å². The Morgan fingerprint density at radius 3 is 2.12 bits per heavy atom. The van der Waals surface area contributed by atoms with E-state index in [0.717, 1.165) is 24.3 Å². The van der Waals surface area contributed by atoms with E-state index in [0.29, 0.717) is 5.41 Å². The molecule has 1 nitrogen and oxygen atoms in total. The highest BCUT2D eigenvalue weighted by Gasteiger charge is 2.49. The number of hydrogen-bond donors (Lipinski definition) is 1. The van der Waals surface area contributed by atoms with E-state index in [9.17, 15) is 0 Å². The zero-order valence-electron chi connectivity index (χ0n) is 10.5. The first-order valence-corrected chi connectivity index (χ1v) is 7.12. The fourth-order valence-electron chi connectivity index (χ4n) is 4.94. The van der Waals surface area contributed by atoms with Crippen molar-refractivity contribution in [2.45, 2.75) is 44.9 Å². The molecule has 4 aliphatic carbocycles. The molecule has 1 heteroatoms. The number of allylic oxidation sites excluding steroid dienone is 1. The minimum Gasteiger partial charge on any atom is -0.319 e. The molecule has 4 rings (SSSR count). The van der Waals surface area contributed by atoms with Crippen LogP contribution < -0.4 is 5.32 Å². The maximum absolute atomic E-state index is 3.23. The molecule has 0 radical (unpaired) electrons. The molecular weight excluding hydrogens is 194 g/mol. The van der Waals surface area contributed by atoms with Gasteiger partial charge in [0.2, 0.25) is 0 Å². The van der Waals surface area contributed by atoms with Crippen molar-refractivity contribution in [3.8, 4) is 0 Å². The maximum Gasteiger partial charge on any atom is -0.00173 e. The highest BCUT2D eigenvalue weighted by atomic mass is 14.8. The molecule has 1 N–H and O–H groups in total. The second-order valence-electron chi connectivity index (χ2n) is 6.57. The van der Waals surface area contributed by atoms with Crippen molar-refractivity contribution in [1.82, 2.24) is 5.32 Å². The minimum absolute atomic E-state index is 0.641. The van der Waals surface area contributed by atoms with Crippen molar-refractivity contribution in [3.05, 3.63) is 12.2 Å². The van der Waals surface area contributed by atoms with Gasteiger partial charge < -0.3 is 5.32 Å². The Hall–Kier alpha value is -0.300. The van der Waals surface area contributed by atoms with Crippen LogP contribution in [0.15, 0.2) is 12.2 Å². The third kappa shape index (κ3) is 1.95. The Morgan fingerprint density at radius 2 is 1.62 bits per heavy atom. The van der Waals surface area contributed by atoms with Crippen molar-refractivity contribution < 1.29 is 0 Å². The van der Waals surface area contributed by atoms with Gasteiger partial charge in [0.1, 0.15) is 0 Å². The van der Waals surface area contributed by atoms with E-state index in [2.05, 4.69) is 17.5 Å². The van der Waals surface area contributed by atoms with Gasteiger partial charge in [0, 0.05) is 0 Å². The van der Waals surface area contributed by atoms with Crippen molar-refractivity contribution in [3.63, 3.8) is 0 Å². The molecule has 0 saturated heterocycles. The minimum atomic E-state index is 0.641. The summed E-state index contributed by atoms with van der Waals surface area (Å²) in [5, 5.41) is 3.23. The summed E-state index contributed by atoms with van der Waals surface area (Å²) in [4.78, 5) is 0. The Labute approximate surface area is 99.7 Å². The Bertz CT molecular complexity index is 244. The normalized spacial score (nSPS) is 45.7. The molecule has 4 saturated carbocycles. The second-order valence-corrected chi connectivity index (χ2v) is 6.57. The fourth-order valence-corrected chi connectivity index (χ4v) is 4.94. The lowest BCUT2D eigenvalue weighted by atomic mass is 9.49. The molecule has 0 aromatic heterocycles. The highest BCUT2D eigenvalue weighted by molar-refractivity contribution is 5.10. The Morgan fingerprint density at radius 1 is 1.06 bits per heavy atom. The number of rotatable bonds is 4. The lowest BCUT2D eigenvalue weighted by Crippen LogP contribution is -2.44. The first-order chi connectivity index (χ1) is 7.80. The molecule has 90 valence electrons. The standard InChI is InChI=1S/C15H25N/c1-16-5-3-2-4-15-9-12-6-13(10-15)8-14(7-12)11-15/h2,4,12-14,16H,3,5-11H2,1H3/b4-2+. The Balaban J connectivity index is 1.66. The van der Waals surface area contributed by atoms with E-state index in [-0.39, 0.29) is 0 Å². The molecule has 16 heavy (non-hydrogen) atoms. The quantitative estimate of drug-likeness (QED) is 0.564. The van der Waals surface area contributed by atoms with Gasteiger partial charge in [-0.25, -0.2) is 0 Å². The van der Waals surface area contributed by atoms with E-state index in [1.165, 1.54) is 25.7 Å². The zero-order valence-corrected chi connectivity index (χ0v) is 10.5. The van der Waals surface area contributed by atoms with Gasteiger partial charge in [-0.15, -0.1) is 0 Å². The van der Waals surface area contributed by atoms with Crippen LogP contribution in [0.1, 0.15) is 44.9 Å². The summed E-state index contributed by atoms with van der Waals surface area (Å²) < 4.78 is 0. The third-order valence-corrected chi connectivity index (χ3v) is 5.12. The largest absolute Gasteiger partial charge is 0.319 e. The average Bonchev–Trinajstić information content (AvgIpc) is 2.22. The summed E-state index contributed by atoms with van der Waals surface area (Å²) in [7, 11) is 2.04. The molecule has 0 aromatic rings. The molecule has 0 aromatic carbocycles. The van der Waals surface area contributed by atoms with Crippen molar-refractivity contribution >= 4 is 0 Å². The first kappa shape index (κ1) is 10.8. The van der Waals surface area contributed by atoms with Crippen LogP contribution in [0.25, 0.3) is 0 Å². The zero-order chi connectivity index (χ0) is 11.0. The van der Waals surface area contributed by atoms with Crippen molar-refractivity contribution in [1.29, 1.82) is 0 Å². The van der Waals surface area contributed by atoms with Crippen LogP contribution in [0.2, 0.25) is 0 Å². The average molecular weight is 219 g/mol. The summed E-state index contributed by atoms with van der Waals surface area (Å²) in [6.45, 7) is 1.13. The molecule has 0 unspecified atom stereocenters. The van der Waals surface area contributed by atoms with Crippen LogP contribution in [-0.2, 0) is 0 Å². The fraction of sp³-hybridized carbons (Fsp3) is 0.867. The van der Waals surface area contributed by atoms with Gasteiger partial charge in [-0.1, -0.05) is 12.2 Å². The molecule has 0 amide bonds. The van der Waals surface area contributed by atoms with Gasteiger partial charge in [0.05, 0.1) is 0 Å². The highest BCUT2D eigenvalue weighted by Crippen LogP contribution is 2.60. The van der Waals surface area contributed by atoms with E-state index in [4.69, 9.17) is 0 Å².